The van der Waals surface area contributed by atoms with Gasteiger partial charge in [0.1, 0.15) is 12.4 Å². The first-order valence-electron chi connectivity index (χ1n) is 5.77. The molecule has 0 aromatic heterocycles. The zero-order valence-electron chi connectivity index (χ0n) is 10.3. The van der Waals surface area contributed by atoms with Gasteiger partial charge >= 0.3 is 0 Å². The molecule has 0 amide bonds. The van der Waals surface area contributed by atoms with Crippen molar-refractivity contribution in [3.63, 3.8) is 0 Å². The summed E-state index contributed by atoms with van der Waals surface area (Å²) in [4.78, 5) is 0. The van der Waals surface area contributed by atoms with Crippen LogP contribution in [0.3, 0.4) is 0 Å². The maximum absolute atomic E-state index is 9.20. The largest absolute Gasteiger partial charge is 0.489 e. The number of aryl methyl sites for hydroxylation is 1. The van der Waals surface area contributed by atoms with E-state index >= 15 is 0 Å². The molecule has 0 radical (unpaired) electrons. The van der Waals surface area contributed by atoms with Crippen LogP contribution in [0.15, 0.2) is 35.4 Å². The Morgan fingerprint density at radius 2 is 2.06 bits per heavy atom. The number of rotatable bonds is 6. The van der Waals surface area contributed by atoms with Crippen LogP contribution >= 0.6 is 11.6 Å². The lowest BCUT2D eigenvalue weighted by atomic mass is 10.1. The van der Waals surface area contributed by atoms with Gasteiger partial charge in [-0.3, -0.25) is 0 Å². The van der Waals surface area contributed by atoms with Crippen molar-refractivity contribution in [3.05, 3.63) is 40.9 Å². The van der Waals surface area contributed by atoms with E-state index in [9.17, 15) is 5.11 Å². The van der Waals surface area contributed by atoms with Crippen LogP contribution in [0.5, 0.6) is 5.75 Å². The van der Waals surface area contributed by atoms with E-state index in [1.54, 1.807) is 6.92 Å². The number of benzene rings is 1. The normalized spacial score (nSPS) is 13.5. The van der Waals surface area contributed by atoms with Crippen LogP contribution in [-0.4, -0.2) is 17.8 Å². The molecule has 1 unspecified atom stereocenters. The molecule has 3 heteroatoms. The van der Waals surface area contributed by atoms with Crippen LogP contribution in [0, 0.1) is 0 Å². The SMILES string of the molecule is C/C(=C\Cl)COc1ccc(CCC(C)O)cc1. The second kappa shape index (κ2) is 7.36. The molecule has 0 fully saturated rings. The van der Waals surface area contributed by atoms with Crippen molar-refractivity contribution in [3.8, 4) is 5.75 Å². The van der Waals surface area contributed by atoms with E-state index in [0.29, 0.717) is 6.61 Å². The minimum Gasteiger partial charge on any atom is -0.489 e. The standard InChI is InChI=1S/C14H19ClO2/c1-11(9-15)10-17-14-7-5-13(6-8-14)4-3-12(2)16/h5-9,12,16H,3-4,10H2,1-2H3/b11-9+. The summed E-state index contributed by atoms with van der Waals surface area (Å²) < 4.78 is 5.54. The van der Waals surface area contributed by atoms with Gasteiger partial charge < -0.3 is 9.84 Å². The Balaban J connectivity index is 2.44. The first-order chi connectivity index (χ1) is 8.11. The lowest BCUT2D eigenvalue weighted by molar-refractivity contribution is 0.185. The number of ether oxygens (including phenoxy) is 1. The Kier molecular flexibility index (Phi) is 6.09. The molecule has 1 aromatic rings. The quantitative estimate of drug-likeness (QED) is 0.842. The molecule has 1 rings (SSSR count). The van der Waals surface area contributed by atoms with Crippen LogP contribution in [0.2, 0.25) is 0 Å². The van der Waals surface area contributed by atoms with Gasteiger partial charge in [0.25, 0.3) is 0 Å². The fourth-order valence-corrected chi connectivity index (χ4v) is 1.42. The minimum atomic E-state index is -0.248. The van der Waals surface area contributed by atoms with Crippen molar-refractivity contribution in [2.75, 3.05) is 6.61 Å². The van der Waals surface area contributed by atoms with Gasteiger partial charge in [0, 0.05) is 5.54 Å². The molecule has 1 N–H and O–H groups in total. The summed E-state index contributed by atoms with van der Waals surface area (Å²) in [5, 5.41) is 9.20. The molecular weight excluding hydrogens is 236 g/mol. The number of aliphatic hydroxyl groups excluding tert-OH is 1. The van der Waals surface area contributed by atoms with Crippen molar-refractivity contribution >= 4 is 11.6 Å². The van der Waals surface area contributed by atoms with Crippen LogP contribution in [-0.2, 0) is 6.42 Å². The van der Waals surface area contributed by atoms with Crippen molar-refractivity contribution in [2.45, 2.75) is 32.8 Å². The van der Waals surface area contributed by atoms with Crippen LogP contribution in [0.1, 0.15) is 25.8 Å². The van der Waals surface area contributed by atoms with E-state index in [0.717, 1.165) is 24.2 Å². The lowest BCUT2D eigenvalue weighted by Gasteiger charge is -2.08. The zero-order valence-corrected chi connectivity index (χ0v) is 11.1. The van der Waals surface area contributed by atoms with Crippen molar-refractivity contribution in [2.24, 2.45) is 0 Å². The third-order valence-corrected chi connectivity index (χ3v) is 2.80. The van der Waals surface area contributed by atoms with Crippen molar-refractivity contribution in [1.82, 2.24) is 0 Å². The maximum Gasteiger partial charge on any atom is 0.119 e. The van der Waals surface area contributed by atoms with Crippen LogP contribution in [0.25, 0.3) is 0 Å². The number of halogens is 1. The molecule has 2 nitrogen and oxygen atoms in total. The summed E-state index contributed by atoms with van der Waals surface area (Å²) in [6, 6.07) is 7.94. The van der Waals surface area contributed by atoms with E-state index in [1.807, 2.05) is 31.2 Å². The molecule has 0 saturated heterocycles. The second-order valence-electron chi connectivity index (χ2n) is 4.28. The highest BCUT2D eigenvalue weighted by Crippen LogP contribution is 2.14. The summed E-state index contributed by atoms with van der Waals surface area (Å²) in [6.45, 7) is 4.24. The minimum absolute atomic E-state index is 0.248. The molecule has 1 atom stereocenters. The van der Waals surface area contributed by atoms with E-state index < -0.39 is 0 Å². The number of hydrogen-bond acceptors (Lipinski definition) is 2. The molecule has 0 saturated carbocycles. The van der Waals surface area contributed by atoms with Gasteiger partial charge in [-0.15, -0.1) is 0 Å². The lowest BCUT2D eigenvalue weighted by Crippen LogP contribution is -2.01. The third-order valence-electron chi connectivity index (χ3n) is 2.43. The first kappa shape index (κ1) is 14.1. The average molecular weight is 255 g/mol. The van der Waals surface area contributed by atoms with Gasteiger partial charge in [-0.05, 0) is 50.0 Å². The highest BCUT2D eigenvalue weighted by Gasteiger charge is 1.99. The predicted octanol–water partition coefficient (Wildman–Crippen LogP) is 3.52. The molecule has 0 aliphatic rings. The highest BCUT2D eigenvalue weighted by atomic mass is 35.5. The summed E-state index contributed by atoms with van der Waals surface area (Å²) in [6.07, 6.45) is 1.43. The molecule has 0 aliphatic carbocycles. The first-order valence-corrected chi connectivity index (χ1v) is 6.21. The molecule has 1 aromatic carbocycles. The Morgan fingerprint density at radius 1 is 1.41 bits per heavy atom. The van der Waals surface area contributed by atoms with Crippen LogP contribution in [0.4, 0.5) is 0 Å². The third kappa shape index (κ3) is 5.76. The van der Waals surface area contributed by atoms with Gasteiger partial charge in [0.05, 0.1) is 6.10 Å². The zero-order chi connectivity index (χ0) is 12.7. The number of aliphatic hydroxyl groups is 1. The molecule has 0 bridgehead atoms. The van der Waals surface area contributed by atoms with E-state index in [2.05, 4.69) is 0 Å². The fraction of sp³-hybridized carbons (Fsp3) is 0.429. The molecule has 0 heterocycles. The summed E-state index contributed by atoms with van der Waals surface area (Å²) in [5.41, 5.74) is 3.73. The van der Waals surface area contributed by atoms with Gasteiger partial charge in [-0.2, -0.15) is 0 Å². The summed E-state index contributed by atoms with van der Waals surface area (Å²) in [7, 11) is 0. The smallest absolute Gasteiger partial charge is 0.119 e. The Labute approximate surface area is 108 Å². The van der Waals surface area contributed by atoms with Gasteiger partial charge in [-0.25, -0.2) is 0 Å². The van der Waals surface area contributed by atoms with E-state index in [1.165, 1.54) is 11.1 Å². The highest BCUT2D eigenvalue weighted by molar-refractivity contribution is 6.25. The molecule has 17 heavy (non-hydrogen) atoms. The Morgan fingerprint density at radius 3 is 2.59 bits per heavy atom. The number of hydrogen-bond donors (Lipinski definition) is 1. The van der Waals surface area contributed by atoms with Gasteiger partial charge in [0.15, 0.2) is 0 Å². The van der Waals surface area contributed by atoms with E-state index in [4.69, 9.17) is 16.3 Å². The maximum atomic E-state index is 9.20. The molecular formula is C14H19ClO2. The van der Waals surface area contributed by atoms with Crippen LogP contribution < -0.4 is 4.74 Å². The Hall–Kier alpha value is -0.990. The van der Waals surface area contributed by atoms with Crippen molar-refractivity contribution < 1.29 is 9.84 Å². The van der Waals surface area contributed by atoms with Gasteiger partial charge in [-0.1, -0.05) is 23.7 Å². The summed E-state index contributed by atoms with van der Waals surface area (Å²) >= 11 is 5.55. The second-order valence-corrected chi connectivity index (χ2v) is 4.49. The predicted molar refractivity (Wildman–Crippen MR) is 71.5 cm³/mol. The van der Waals surface area contributed by atoms with Gasteiger partial charge in [0.2, 0.25) is 0 Å². The fourth-order valence-electron chi connectivity index (χ4n) is 1.36. The summed E-state index contributed by atoms with van der Waals surface area (Å²) in [5.74, 6) is 0.837. The average Bonchev–Trinajstić information content (AvgIpc) is 2.34. The monoisotopic (exact) mass is 254 g/mol. The van der Waals surface area contributed by atoms with Crippen molar-refractivity contribution in [1.29, 1.82) is 0 Å². The molecule has 0 spiro atoms. The molecule has 0 aliphatic heterocycles. The molecule has 94 valence electrons. The van der Waals surface area contributed by atoms with E-state index in [-0.39, 0.29) is 6.10 Å². The topological polar surface area (TPSA) is 29.5 Å². The Bertz CT molecular complexity index is 355.